The van der Waals surface area contributed by atoms with Crippen molar-refractivity contribution in [2.24, 2.45) is 11.1 Å². The number of aliphatic carboxylic acids is 1. The van der Waals surface area contributed by atoms with Gasteiger partial charge in [-0.3, -0.25) is 4.79 Å². The van der Waals surface area contributed by atoms with Gasteiger partial charge in [0, 0.05) is 18.4 Å². The average molecular weight is 187 g/mol. The van der Waals surface area contributed by atoms with E-state index in [4.69, 9.17) is 15.6 Å². The van der Waals surface area contributed by atoms with Crippen molar-refractivity contribution in [1.29, 1.82) is 0 Å². The van der Waals surface area contributed by atoms with Crippen LogP contribution in [0, 0.1) is 5.41 Å². The molecule has 4 nitrogen and oxygen atoms in total. The minimum atomic E-state index is -1.12. The predicted molar refractivity (Wildman–Crippen MR) is 48.4 cm³/mol. The second kappa shape index (κ2) is 2.96. The first-order chi connectivity index (χ1) is 5.86. The molecule has 76 valence electrons. The molecular formula is C9H17NO3. The van der Waals surface area contributed by atoms with Gasteiger partial charge in [-0.15, -0.1) is 0 Å². The molecule has 4 heteroatoms. The maximum Gasteiger partial charge on any atom is 0.324 e. The topological polar surface area (TPSA) is 72.5 Å². The molecule has 2 atom stereocenters. The second-order valence-electron chi connectivity index (χ2n) is 4.15. The highest BCUT2D eigenvalue weighted by Gasteiger charge is 2.63. The fourth-order valence-corrected chi connectivity index (χ4v) is 1.80. The molecule has 13 heavy (non-hydrogen) atoms. The van der Waals surface area contributed by atoms with E-state index >= 15 is 0 Å². The van der Waals surface area contributed by atoms with Crippen LogP contribution in [0.2, 0.25) is 0 Å². The molecule has 0 heterocycles. The Morgan fingerprint density at radius 1 is 1.69 bits per heavy atom. The van der Waals surface area contributed by atoms with Gasteiger partial charge >= 0.3 is 5.97 Å². The normalized spacial score (nSPS) is 36.8. The van der Waals surface area contributed by atoms with Crippen molar-refractivity contribution in [2.75, 3.05) is 6.61 Å². The van der Waals surface area contributed by atoms with Crippen LogP contribution in [0.5, 0.6) is 0 Å². The van der Waals surface area contributed by atoms with Crippen LogP contribution in [0.1, 0.15) is 27.2 Å². The molecule has 1 aliphatic carbocycles. The van der Waals surface area contributed by atoms with E-state index in [0.29, 0.717) is 13.0 Å². The highest BCUT2D eigenvalue weighted by Crippen LogP contribution is 2.49. The zero-order valence-electron chi connectivity index (χ0n) is 8.33. The quantitative estimate of drug-likeness (QED) is 0.678. The van der Waals surface area contributed by atoms with Crippen LogP contribution >= 0.6 is 0 Å². The second-order valence-corrected chi connectivity index (χ2v) is 4.15. The third-order valence-electron chi connectivity index (χ3n) is 3.21. The maximum atomic E-state index is 10.9. The van der Waals surface area contributed by atoms with Crippen LogP contribution in [0.25, 0.3) is 0 Å². The summed E-state index contributed by atoms with van der Waals surface area (Å²) < 4.78 is 5.40. The van der Waals surface area contributed by atoms with Gasteiger partial charge in [-0.1, -0.05) is 13.8 Å². The van der Waals surface area contributed by atoms with Gasteiger partial charge in [0.05, 0.1) is 6.10 Å². The van der Waals surface area contributed by atoms with Crippen molar-refractivity contribution in [3.05, 3.63) is 0 Å². The van der Waals surface area contributed by atoms with E-state index in [1.807, 2.05) is 20.8 Å². The summed E-state index contributed by atoms with van der Waals surface area (Å²) in [5, 5.41) is 8.93. The van der Waals surface area contributed by atoms with Gasteiger partial charge in [-0.25, -0.2) is 0 Å². The molecule has 0 aromatic carbocycles. The Labute approximate surface area is 78.1 Å². The number of ether oxygens (including phenoxy) is 1. The van der Waals surface area contributed by atoms with E-state index in [-0.39, 0.29) is 6.10 Å². The summed E-state index contributed by atoms with van der Waals surface area (Å²) in [5.41, 5.74) is 4.17. The van der Waals surface area contributed by atoms with Gasteiger partial charge in [-0.2, -0.15) is 0 Å². The fraction of sp³-hybridized carbons (Fsp3) is 0.889. The number of carboxylic acid groups (broad SMARTS) is 1. The molecule has 0 aliphatic heterocycles. The molecule has 0 bridgehead atoms. The van der Waals surface area contributed by atoms with E-state index < -0.39 is 16.9 Å². The molecule has 0 radical (unpaired) electrons. The molecule has 1 aliphatic rings. The first-order valence-corrected chi connectivity index (χ1v) is 4.50. The van der Waals surface area contributed by atoms with Gasteiger partial charge < -0.3 is 15.6 Å². The van der Waals surface area contributed by atoms with Gasteiger partial charge in [-0.05, 0) is 6.92 Å². The predicted octanol–water partition coefficient (Wildman–Crippen LogP) is 0.603. The number of carbonyl (C=O) groups is 1. The Balaban J connectivity index is 2.73. The standard InChI is InChI=1S/C9H17NO3/c1-4-13-6-5-9(10,7(11)12)8(6,2)3/h6H,4-5,10H2,1-3H3,(H,11,12)/t6-,9-/m0/s1. The summed E-state index contributed by atoms with van der Waals surface area (Å²) in [6.07, 6.45) is 0.377. The molecule has 0 aromatic rings. The van der Waals surface area contributed by atoms with Crippen LogP contribution in [-0.2, 0) is 9.53 Å². The van der Waals surface area contributed by atoms with Gasteiger partial charge in [0.25, 0.3) is 0 Å². The molecule has 1 saturated carbocycles. The monoisotopic (exact) mass is 187 g/mol. The third kappa shape index (κ3) is 1.25. The van der Waals surface area contributed by atoms with Crippen LogP contribution in [-0.4, -0.2) is 29.3 Å². The summed E-state index contributed by atoms with van der Waals surface area (Å²) in [6.45, 7) is 6.17. The number of hydrogen-bond acceptors (Lipinski definition) is 3. The molecule has 0 saturated heterocycles. The largest absolute Gasteiger partial charge is 0.480 e. The highest BCUT2D eigenvalue weighted by molar-refractivity contribution is 5.81. The Kier molecular flexibility index (Phi) is 2.38. The van der Waals surface area contributed by atoms with Crippen molar-refractivity contribution in [2.45, 2.75) is 38.8 Å². The number of rotatable bonds is 3. The number of hydrogen-bond donors (Lipinski definition) is 2. The minimum Gasteiger partial charge on any atom is -0.480 e. The Bertz CT molecular complexity index is 227. The third-order valence-corrected chi connectivity index (χ3v) is 3.21. The summed E-state index contributed by atoms with van der Waals surface area (Å²) in [7, 11) is 0. The van der Waals surface area contributed by atoms with E-state index in [9.17, 15) is 4.79 Å². The lowest BCUT2D eigenvalue weighted by molar-refractivity contribution is -0.184. The van der Waals surface area contributed by atoms with Gasteiger partial charge in [0.2, 0.25) is 0 Å². The van der Waals surface area contributed by atoms with Crippen LogP contribution < -0.4 is 5.73 Å². The zero-order chi connectivity index (χ0) is 10.3. The first-order valence-electron chi connectivity index (χ1n) is 4.50. The minimum absolute atomic E-state index is 0.0291. The van der Waals surface area contributed by atoms with Crippen molar-refractivity contribution < 1.29 is 14.6 Å². The lowest BCUT2D eigenvalue weighted by Crippen LogP contribution is -2.73. The molecule has 3 N–H and O–H groups in total. The highest BCUT2D eigenvalue weighted by atomic mass is 16.5. The summed E-state index contributed by atoms with van der Waals surface area (Å²) >= 11 is 0. The van der Waals surface area contributed by atoms with E-state index in [1.54, 1.807) is 0 Å². The van der Waals surface area contributed by atoms with Crippen LogP contribution in [0.15, 0.2) is 0 Å². The number of carboxylic acids is 1. The molecule has 0 unspecified atom stereocenters. The van der Waals surface area contributed by atoms with Crippen LogP contribution in [0.3, 0.4) is 0 Å². The van der Waals surface area contributed by atoms with Gasteiger partial charge in [0.1, 0.15) is 5.54 Å². The zero-order valence-corrected chi connectivity index (χ0v) is 8.33. The summed E-state index contributed by atoms with van der Waals surface area (Å²) in [6, 6.07) is 0. The molecule has 1 fully saturated rings. The van der Waals surface area contributed by atoms with Crippen molar-refractivity contribution in [3.8, 4) is 0 Å². The molecule has 0 aromatic heterocycles. The van der Waals surface area contributed by atoms with Crippen molar-refractivity contribution in [3.63, 3.8) is 0 Å². The molecule has 1 rings (SSSR count). The summed E-state index contributed by atoms with van der Waals surface area (Å²) in [4.78, 5) is 10.9. The fourth-order valence-electron chi connectivity index (χ4n) is 1.80. The Hall–Kier alpha value is -0.610. The first kappa shape index (κ1) is 10.5. The maximum absolute atomic E-state index is 10.9. The molecule has 0 spiro atoms. The SMILES string of the molecule is CCO[C@H]1C[C@](N)(C(=O)O)C1(C)C. The van der Waals surface area contributed by atoms with E-state index in [1.165, 1.54) is 0 Å². The van der Waals surface area contributed by atoms with E-state index in [2.05, 4.69) is 0 Å². The Morgan fingerprint density at radius 3 is 2.54 bits per heavy atom. The lowest BCUT2D eigenvalue weighted by Gasteiger charge is -2.56. The number of nitrogens with two attached hydrogens (primary N) is 1. The molecular weight excluding hydrogens is 170 g/mol. The van der Waals surface area contributed by atoms with Crippen molar-refractivity contribution >= 4 is 5.97 Å². The Morgan fingerprint density at radius 2 is 2.23 bits per heavy atom. The lowest BCUT2D eigenvalue weighted by atomic mass is 9.54. The summed E-state index contributed by atoms with van der Waals surface area (Å²) in [5.74, 6) is -0.937. The smallest absolute Gasteiger partial charge is 0.324 e. The van der Waals surface area contributed by atoms with E-state index in [0.717, 1.165) is 0 Å². The van der Waals surface area contributed by atoms with Crippen LogP contribution in [0.4, 0.5) is 0 Å². The molecule has 0 amide bonds. The van der Waals surface area contributed by atoms with Crippen molar-refractivity contribution in [1.82, 2.24) is 0 Å². The van der Waals surface area contributed by atoms with Gasteiger partial charge in [0.15, 0.2) is 0 Å². The average Bonchev–Trinajstić information content (AvgIpc) is 2.03.